The van der Waals surface area contributed by atoms with Gasteiger partial charge < -0.3 is 10.5 Å². The first kappa shape index (κ1) is 12.0. The predicted octanol–water partition coefficient (Wildman–Crippen LogP) is 2.29. The van der Waals surface area contributed by atoms with E-state index in [1.807, 2.05) is 26.1 Å². The molecule has 1 unspecified atom stereocenters. The highest BCUT2D eigenvalue weighted by Crippen LogP contribution is 2.26. The molecule has 2 N–H and O–H groups in total. The lowest BCUT2D eigenvalue weighted by Crippen LogP contribution is -2.10. The van der Waals surface area contributed by atoms with E-state index < -0.39 is 0 Å². The number of nitrogens with zero attached hydrogens (tertiary/aromatic N) is 2. The number of pyridine rings is 1. The first-order chi connectivity index (χ1) is 8.20. The maximum Gasteiger partial charge on any atom is 0.137 e. The summed E-state index contributed by atoms with van der Waals surface area (Å²) in [6.45, 7) is 4.54. The van der Waals surface area contributed by atoms with Gasteiger partial charge in [0.1, 0.15) is 5.75 Å². The fourth-order valence-corrected chi connectivity index (χ4v) is 2.35. The first-order valence-electron chi connectivity index (χ1n) is 5.46. The number of aryl methyl sites for hydroxylation is 1. The van der Waals surface area contributed by atoms with Crippen LogP contribution in [-0.2, 0) is 0 Å². The second-order valence-electron chi connectivity index (χ2n) is 3.65. The Labute approximate surface area is 104 Å². The topological polar surface area (TPSA) is 61.0 Å². The molecule has 0 aliphatic heterocycles. The zero-order valence-electron chi connectivity index (χ0n) is 9.88. The summed E-state index contributed by atoms with van der Waals surface area (Å²) in [6, 6.07) is 1.74. The molecule has 0 bridgehead atoms. The van der Waals surface area contributed by atoms with Crippen LogP contribution in [0.15, 0.2) is 24.7 Å². The summed E-state index contributed by atoms with van der Waals surface area (Å²) in [6.07, 6.45) is 5.28. The van der Waals surface area contributed by atoms with E-state index in [1.54, 1.807) is 23.7 Å². The third kappa shape index (κ3) is 2.81. The molecule has 0 saturated carbocycles. The molecule has 0 amide bonds. The summed E-state index contributed by atoms with van der Waals surface area (Å²) in [5.74, 6) is 0.752. The van der Waals surface area contributed by atoms with Gasteiger partial charge in [0.15, 0.2) is 0 Å². The van der Waals surface area contributed by atoms with Gasteiger partial charge in [-0.3, -0.25) is 4.98 Å². The van der Waals surface area contributed by atoms with Crippen LogP contribution in [0.3, 0.4) is 0 Å². The number of hydrogen-bond donors (Lipinski definition) is 1. The minimum Gasteiger partial charge on any atom is -0.492 e. The van der Waals surface area contributed by atoms with Gasteiger partial charge in [0.2, 0.25) is 0 Å². The van der Waals surface area contributed by atoms with Gasteiger partial charge in [-0.1, -0.05) is 0 Å². The highest BCUT2D eigenvalue weighted by Gasteiger charge is 2.12. The molecule has 0 radical (unpaired) electrons. The zero-order chi connectivity index (χ0) is 12.3. The molecule has 2 aromatic heterocycles. The molecule has 0 aromatic carbocycles. The number of ether oxygens (including phenoxy) is 1. The third-order valence-corrected chi connectivity index (χ3v) is 3.35. The molecular weight excluding hydrogens is 234 g/mol. The first-order valence-corrected chi connectivity index (χ1v) is 6.28. The van der Waals surface area contributed by atoms with Crippen LogP contribution >= 0.6 is 11.3 Å². The van der Waals surface area contributed by atoms with E-state index in [-0.39, 0.29) is 6.04 Å². The Balaban J connectivity index is 2.24. The van der Waals surface area contributed by atoms with Crippen LogP contribution in [0, 0.1) is 6.92 Å². The highest BCUT2D eigenvalue weighted by molar-refractivity contribution is 7.11. The molecule has 2 aromatic rings. The van der Waals surface area contributed by atoms with Crippen molar-refractivity contribution in [3.05, 3.63) is 40.1 Å². The molecule has 1 atom stereocenters. The van der Waals surface area contributed by atoms with Crippen molar-refractivity contribution in [2.24, 2.45) is 5.73 Å². The van der Waals surface area contributed by atoms with E-state index in [2.05, 4.69) is 9.97 Å². The van der Waals surface area contributed by atoms with E-state index in [4.69, 9.17) is 10.5 Å². The second kappa shape index (κ2) is 5.25. The van der Waals surface area contributed by atoms with Crippen LogP contribution in [0.2, 0.25) is 0 Å². The molecule has 2 rings (SSSR count). The molecule has 17 heavy (non-hydrogen) atoms. The summed E-state index contributed by atoms with van der Waals surface area (Å²) in [7, 11) is 0. The van der Waals surface area contributed by atoms with Crippen LogP contribution < -0.4 is 10.5 Å². The number of aromatic nitrogens is 2. The van der Waals surface area contributed by atoms with E-state index in [0.717, 1.165) is 21.2 Å². The van der Waals surface area contributed by atoms with Crippen molar-refractivity contribution in [1.29, 1.82) is 0 Å². The second-order valence-corrected chi connectivity index (χ2v) is 4.91. The van der Waals surface area contributed by atoms with Gasteiger partial charge in [-0.25, -0.2) is 4.98 Å². The van der Waals surface area contributed by atoms with Gasteiger partial charge in [-0.15, -0.1) is 11.3 Å². The van der Waals surface area contributed by atoms with E-state index in [1.165, 1.54) is 0 Å². The smallest absolute Gasteiger partial charge is 0.137 e. The van der Waals surface area contributed by atoms with Gasteiger partial charge in [0.25, 0.3) is 0 Å². The minimum absolute atomic E-state index is 0.186. The Morgan fingerprint density at radius 2 is 2.24 bits per heavy atom. The largest absolute Gasteiger partial charge is 0.492 e. The quantitative estimate of drug-likeness (QED) is 0.903. The van der Waals surface area contributed by atoms with Crippen LogP contribution in [-0.4, -0.2) is 16.6 Å². The molecule has 4 nitrogen and oxygen atoms in total. The Bertz CT molecular complexity index is 498. The average molecular weight is 249 g/mol. The fourth-order valence-electron chi connectivity index (χ4n) is 1.54. The van der Waals surface area contributed by atoms with E-state index in [9.17, 15) is 0 Å². The van der Waals surface area contributed by atoms with Crippen LogP contribution in [0.1, 0.15) is 28.4 Å². The Kier molecular flexibility index (Phi) is 3.71. The SMILES string of the molecule is CCOc1cncc(C(N)c2cnc(C)s2)c1. The lowest BCUT2D eigenvalue weighted by atomic mass is 10.1. The van der Waals surface area contributed by atoms with Crippen molar-refractivity contribution in [1.82, 2.24) is 9.97 Å². The van der Waals surface area contributed by atoms with Crippen molar-refractivity contribution in [2.75, 3.05) is 6.61 Å². The molecule has 0 spiro atoms. The summed E-state index contributed by atoms with van der Waals surface area (Å²) < 4.78 is 5.41. The molecule has 0 fully saturated rings. The Morgan fingerprint density at radius 3 is 2.88 bits per heavy atom. The maximum absolute atomic E-state index is 6.17. The predicted molar refractivity (Wildman–Crippen MR) is 68.3 cm³/mol. The van der Waals surface area contributed by atoms with E-state index in [0.29, 0.717) is 6.61 Å². The van der Waals surface area contributed by atoms with Crippen molar-refractivity contribution in [3.8, 4) is 5.75 Å². The van der Waals surface area contributed by atoms with Gasteiger partial charge in [-0.05, 0) is 25.5 Å². The molecular formula is C12H15N3OS. The van der Waals surface area contributed by atoms with Crippen LogP contribution in [0.5, 0.6) is 5.75 Å². The summed E-state index contributed by atoms with van der Waals surface area (Å²) in [5.41, 5.74) is 7.11. The Morgan fingerprint density at radius 1 is 1.41 bits per heavy atom. The fraction of sp³-hybridized carbons (Fsp3) is 0.333. The summed E-state index contributed by atoms with van der Waals surface area (Å²) in [5, 5.41) is 1.02. The standard InChI is InChI=1S/C12H15N3OS/c1-3-16-10-4-9(5-14-6-10)12(13)11-7-15-8(2)17-11/h4-7,12H,3,13H2,1-2H3. The number of rotatable bonds is 4. The summed E-state index contributed by atoms with van der Waals surface area (Å²) >= 11 is 1.61. The van der Waals surface area contributed by atoms with Crippen molar-refractivity contribution < 1.29 is 4.74 Å². The molecule has 5 heteroatoms. The normalized spacial score (nSPS) is 12.4. The van der Waals surface area contributed by atoms with Gasteiger partial charge in [-0.2, -0.15) is 0 Å². The molecule has 90 valence electrons. The number of nitrogens with two attached hydrogens (primary N) is 1. The van der Waals surface area contributed by atoms with Crippen molar-refractivity contribution in [3.63, 3.8) is 0 Å². The maximum atomic E-state index is 6.17. The van der Waals surface area contributed by atoms with Crippen LogP contribution in [0.4, 0.5) is 0 Å². The lowest BCUT2D eigenvalue weighted by Gasteiger charge is -2.10. The summed E-state index contributed by atoms with van der Waals surface area (Å²) in [4.78, 5) is 9.38. The Hall–Kier alpha value is -1.46. The highest BCUT2D eigenvalue weighted by atomic mass is 32.1. The molecule has 0 aliphatic rings. The molecule has 0 aliphatic carbocycles. The van der Waals surface area contributed by atoms with Gasteiger partial charge >= 0.3 is 0 Å². The monoisotopic (exact) mass is 249 g/mol. The van der Waals surface area contributed by atoms with Gasteiger partial charge in [0, 0.05) is 17.3 Å². The number of thiazole rings is 1. The molecule has 2 heterocycles. The van der Waals surface area contributed by atoms with E-state index >= 15 is 0 Å². The van der Waals surface area contributed by atoms with Crippen LogP contribution in [0.25, 0.3) is 0 Å². The third-order valence-electron chi connectivity index (χ3n) is 2.35. The lowest BCUT2D eigenvalue weighted by molar-refractivity contribution is 0.338. The average Bonchev–Trinajstić information content (AvgIpc) is 2.76. The minimum atomic E-state index is -0.186. The van der Waals surface area contributed by atoms with Gasteiger partial charge in [0.05, 0.1) is 23.9 Å². The van der Waals surface area contributed by atoms with Crippen molar-refractivity contribution >= 4 is 11.3 Å². The number of hydrogen-bond acceptors (Lipinski definition) is 5. The zero-order valence-corrected chi connectivity index (χ0v) is 10.7. The van der Waals surface area contributed by atoms with Crippen molar-refractivity contribution in [2.45, 2.75) is 19.9 Å². The molecule has 0 saturated heterocycles.